The summed E-state index contributed by atoms with van der Waals surface area (Å²) in [6.07, 6.45) is -0.834. The van der Waals surface area contributed by atoms with Crippen molar-refractivity contribution in [1.29, 1.82) is 0 Å². The predicted octanol–water partition coefficient (Wildman–Crippen LogP) is 2.01. The Labute approximate surface area is 164 Å². The highest BCUT2D eigenvalue weighted by Gasteiger charge is 2.23. The van der Waals surface area contributed by atoms with E-state index in [4.69, 9.17) is 4.74 Å². The number of piperazine rings is 1. The lowest BCUT2D eigenvalue weighted by Crippen LogP contribution is -3.16. The van der Waals surface area contributed by atoms with Crippen molar-refractivity contribution in [2.24, 2.45) is 0 Å². The third-order valence-corrected chi connectivity index (χ3v) is 5.03. The lowest BCUT2D eigenvalue weighted by molar-refractivity contribution is -0.903. The SMILES string of the molecule is O[C@@H](COc1c(F)cc(Br)cc1F)C[NH+]1CCN(c2ccc(F)cc2)CC1. The van der Waals surface area contributed by atoms with E-state index in [1.165, 1.54) is 17.0 Å². The van der Waals surface area contributed by atoms with Crippen LogP contribution in [0.4, 0.5) is 18.9 Å². The van der Waals surface area contributed by atoms with Gasteiger partial charge < -0.3 is 19.6 Å². The van der Waals surface area contributed by atoms with E-state index in [0.29, 0.717) is 6.54 Å². The van der Waals surface area contributed by atoms with Gasteiger partial charge in [-0.3, -0.25) is 0 Å². The minimum atomic E-state index is -0.834. The summed E-state index contributed by atoms with van der Waals surface area (Å²) < 4.78 is 45.9. The molecule has 4 nitrogen and oxygen atoms in total. The lowest BCUT2D eigenvalue weighted by atomic mass is 10.2. The number of hydrogen-bond donors (Lipinski definition) is 2. The Kier molecular flexibility index (Phi) is 6.62. The van der Waals surface area contributed by atoms with Crippen LogP contribution in [0.25, 0.3) is 0 Å². The first-order chi connectivity index (χ1) is 12.9. The molecule has 1 saturated heterocycles. The van der Waals surface area contributed by atoms with Gasteiger partial charge in [-0.2, -0.15) is 0 Å². The second-order valence-electron chi connectivity index (χ2n) is 6.58. The maximum absolute atomic E-state index is 13.7. The molecule has 0 aliphatic carbocycles. The average molecular weight is 446 g/mol. The van der Waals surface area contributed by atoms with Gasteiger partial charge in [-0.1, -0.05) is 15.9 Å². The van der Waals surface area contributed by atoms with Crippen LogP contribution in [-0.4, -0.2) is 50.5 Å². The molecular formula is C19H21BrF3N2O2+. The Balaban J connectivity index is 1.46. The smallest absolute Gasteiger partial charge is 0.190 e. The summed E-state index contributed by atoms with van der Waals surface area (Å²) in [4.78, 5) is 3.35. The van der Waals surface area contributed by atoms with E-state index in [1.54, 1.807) is 12.1 Å². The first-order valence-electron chi connectivity index (χ1n) is 8.72. The van der Waals surface area contributed by atoms with Crippen LogP contribution in [0, 0.1) is 17.5 Å². The Hall–Kier alpha value is -1.77. The molecule has 146 valence electrons. The second kappa shape index (κ2) is 8.95. The standard InChI is InChI=1S/C19H20BrF3N2O2/c20-13-9-17(22)19(18(23)10-13)27-12-16(26)11-24-5-7-25(8-6-24)15-3-1-14(21)2-4-15/h1-4,9-10,16,26H,5-8,11-12H2/p+1/t16-/m1/s1. The van der Waals surface area contributed by atoms with Gasteiger partial charge in [0.1, 0.15) is 25.1 Å². The van der Waals surface area contributed by atoms with Gasteiger partial charge in [0.2, 0.25) is 0 Å². The van der Waals surface area contributed by atoms with E-state index < -0.39 is 23.5 Å². The molecule has 1 atom stereocenters. The van der Waals surface area contributed by atoms with Crippen molar-refractivity contribution >= 4 is 21.6 Å². The largest absolute Gasteiger partial charge is 0.485 e. The van der Waals surface area contributed by atoms with Crippen LogP contribution in [0.2, 0.25) is 0 Å². The molecule has 2 aromatic carbocycles. The van der Waals surface area contributed by atoms with Gasteiger partial charge >= 0.3 is 0 Å². The van der Waals surface area contributed by atoms with Crippen molar-refractivity contribution in [3.05, 3.63) is 58.3 Å². The number of nitrogens with one attached hydrogen (secondary N) is 1. The number of anilines is 1. The zero-order chi connectivity index (χ0) is 19.4. The van der Waals surface area contributed by atoms with Crippen molar-refractivity contribution < 1.29 is 27.9 Å². The Bertz CT molecular complexity index is 745. The molecule has 1 aliphatic rings. The van der Waals surface area contributed by atoms with Crippen LogP contribution in [0.15, 0.2) is 40.9 Å². The summed E-state index contributed by atoms with van der Waals surface area (Å²) in [7, 11) is 0. The first kappa shape index (κ1) is 20.0. The topological polar surface area (TPSA) is 37.1 Å². The summed E-state index contributed by atoms with van der Waals surface area (Å²) in [6, 6.07) is 8.62. The maximum Gasteiger partial charge on any atom is 0.190 e. The van der Waals surface area contributed by atoms with E-state index in [-0.39, 0.29) is 16.9 Å². The van der Waals surface area contributed by atoms with Gasteiger partial charge in [0.05, 0.1) is 26.2 Å². The molecule has 0 amide bonds. The van der Waals surface area contributed by atoms with Gasteiger partial charge in [0.25, 0.3) is 0 Å². The number of rotatable bonds is 6. The fourth-order valence-electron chi connectivity index (χ4n) is 3.18. The van der Waals surface area contributed by atoms with Crippen LogP contribution in [0.1, 0.15) is 0 Å². The molecular weight excluding hydrogens is 425 g/mol. The molecule has 1 fully saturated rings. The molecule has 0 bridgehead atoms. The predicted molar refractivity (Wildman–Crippen MR) is 99.7 cm³/mol. The number of aliphatic hydroxyl groups is 1. The first-order valence-corrected chi connectivity index (χ1v) is 9.51. The van der Waals surface area contributed by atoms with Crippen molar-refractivity contribution in [3.63, 3.8) is 0 Å². The fourth-order valence-corrected chi connectivity index (χ4v) is 3.58. The van der Waals surface area contributed by atoms with Gasteiger partial charge in [0.15, 0.2) is 17.4 Å². The highest BCUT2D eigenvalue weighted by atomic mass is 79.9. The number of aliphatic hydroxyl groups excluding tert-OH is 1. The van der Waals surface area contributed by atoms with E-state index in [9.17, 15) is 18.3 Å². The number of benzene rings is 2. The summed E-state index contributed by atoms with van der Waals surface area (Å²) in [5.74, 6) is -2.36. The lowest BCUT2D eigenvalue weighted by Gasteiger charge is -2.34. The number of quaternary nitrogens is 1. The summed E-state index contributed by atoms with van der Waals surface area (Å²) in [5, 5.41) is 10.2. The number of hydrogen-bond acceptors (Lipinski definition) is 3. The van der Waals surface area contributed by atoms with E-state index in [2.05, 4.69) is 20.8 Å². The van der Waals surface area contributed by atoms with Crippen LogP contribution >= 0.6 is 15.9 Å². The van der Waals surface area contributed by atoms with E-state index >= 15 is 0 Å². The summed E-state index contributed by atoms with van der Waals surface area (Å²) in [5.41, 5.74) is 0.973. The molecule has 1 heterocycles. The van der Waals surface area contributed by atoms with Gasteiger partial charge in [-0.15, -0.1) is 0 Å². The monoisotopic (exact) mass is 445 g/mol. The Morgan fingerprint density at radius 1 is 1.07 bits per heavy atom. The Morgan fingerprint density at radius 2 is 1.67 bits per heavy atom. The van der Waals surface area contributed by atoms with E-state index in [1.807, 2.05) is 0 Å². The normalized spacial score (nSPS) is 16.4. The van der Waals surface area contributed by atoms with Crippen LogP contribution in [0.3, 0.4) is 0 Å². The molecule has 0 aromatic heterocycles. The van der Waals surface area contributed by atoms with Crippen LogP contribution in [0.5, 0.6) is 5.75 Å². The molecule has 0 unspecified atom stereocenters. The molecule has 3 rings (SSSR count). The van der Waals surface area contributed by atoms with Gasteiger partial charge in [-0.05, 0) is 36.4 Å². The molecule has 27 heavy (non-hydrogen) atoms. The molecule has 2 N–H and O–H groups in total. The summed E-state index contributed by atoms with van der Waals surface area (Å²) >= 11 is 3.01. The van der Waals surface area contributed by atoms with E-state index in [0.717, 1.165) is 44.0 Å². The van der Waals surface area contributed by atoms with Gasteiger partial charge in [0, 0.05) is 10.2 Å². The third-order valence-electron chi connectivity index (χ3n) is 4.57. The van der Waals surface area contributed by atoms with Crippen molar-refractivity contribution in [1.82, 2.24) is 0 Å². The van der Waals surface area contributed by atoms with Crippen molar-refractivity contribution in [2.75, 3.05) is 44.2 Å². The fraction of sp³-hybridized carbons (Fsp3) is 0.368. The van der Waals surface area contributed by atoms with Gasteiger partial charge in [-0.25, -0.2) is 13.2 Å². The molecule has 2 aromatic rings. The molecule has 0 spiro atoms. The Morgan fingerprint density at radius 3 is 2.26 bits per heavy atom. The third kappa shape index (κ3) is 5.37. The zero-order valence-corrected chi connectivity index (χ0v) is 16.2. The molecule has 1 aliphatic heterocycles. The number of halogens is 4. The average Bonchev–Trinajstić information content (AvgIpc) is 2.62. The number of nitrogens with zero attached hydrogens (tertiary/aromatic N) is 1. The second-order valence-corrected chi connectivity index (χ2v) is 7.50. The minimum Gasteiger partial charge on any atom is -0.485 e. The molecule has 8 heteroatoms. The quantitative estimate of drug-likeness (QED) is 0.713. The summed E-state index contributed by atoms with van der Waals surface area (Å²) in [6.45, 7) is 3.41. The highest BCUT2D eigenvalue weighted by molar-refractivity contribution is 9.10. The van der Waals surface area contributed by atoms with Crippen molar-refractivity contribution in [2.45, 2.75) is 6.10 Å². The van der Waals surface area contributed by atoms with Crippen molar-refractivity contribution in [3.8, 4) is 5.75 Å². The highest BCUT2D eigenvalue weighted by Crippen LogP contribution is 2.25. The molecule has 0 saturated carbocycles. The molecule has 0 radical (unpaired) electrons. The number of ether oxygens (including phenoxy) is 1. The van der Waals surface area contributed by atoms with Crippen LogP contribution < -0.4 is 14.5 Å². The van der Waals surface area contributed by atoms with Crippen LogP contribution in [-0.2, 0) is 0 Å². The zero-order valence-electron chi connectivity index (χ0n) is 14.6. The minimum absolute atomic E-state index is 0.180. The maximum atomic E-state index is 13.7.